The Hall–Kier alpha value is 0.290. The summed E-state index contributed by atoms with van der Waals surface area (Å²) in [6.07, 6.45) is 1.31. The molecule has 0 N–H and O–H groups in total. The van der Waals surface area contributed by atoms with Gasteiger partial charge in [0.25, 0.3) is 0 Å². The summed E-state index contributed by atoms with van der Waals surface area (Å²) in [4.78, 5) is 0. The van der Waals surface area contributed by atoms with Gasteiger partial charge in [-0.25, -0.2) is 0 Å². The van der Waals surface area contributed by atoms with Gasteiger partial charge in [0.05, 0.1) is 14.2 Å². The summed E-state index contributed by atoms with van der Waals surface area (Å²) in [6, 6.07) is 8.40. The molecule has 0 spiro atoms. The fraction of sp³-hybridized carbons (Fsp3) is 0.455. The van der Waals surface area contributed by atoms with Crippen molar-refractivity contribution < 1.29 is 31.9 Å². The van der Waals surface area contributed by atoms with E-state index in [2.05, 4.69) is 35.6 Å². The minimum Gasteiger partial charge on any atom is -0.522 e. The van der Waals surface area contributed by atoms with Crippen LogP contribution < -0.4 is 9.47 Å². The Labute approximate surface area is 121 Å². The van der Waals surface area contributed by atoms with Gasteiger partial charge < -0.3 is 9.47 Å². The molecule has 0 aliphatic rings. The molecule has 0 radical (unpaired) electrons. The van der Waals surface area contributed by atoms with Crippen LogP contribution in [0.4, 0.5) is 0 Å². The number of methoxy groups -OCH3 is 2. The van der Waals surface area contributed by atoms with Crippen LogP contribution in [0.15, 0.2) is 18.2 Å². The Morgan fingerprint density at radius 1 is 1.20 bits per heavy atom. The molecule has 0 aromatic heterocycles. The number of benzene rings is 1. The largest absolute Gasteiger partial charge is 1.00 e. The van der Waals surface area contributed by atoms with E-state index in [4.69, 9.17) is 9.47 Å². The molecule has 1 aromatic carbocycles. The van der Waals surface area contributed by atoms with Gasteiger partial charge in [-0.3, -0.25) is 0 Å². The number of halogens is 1. The molecule has 1 aromatic rings. The maximum absolute atomic E-state index is 4.92. The first-order valence-corrected chi connectivity index (χ1v) is 5.97. The average Bonchev–Trinajstić information content (AvgIpc) is 2.29. The maximum Gasteiger partial charge on any atom is 1.00 e. The molecule has 0 saturated heterocycles. The van der Waals surface area contributed by atoms with Crippen molar-refractivity contribution in [1.82, 2.24) is 0 Å². The van der Waals surface area contributed by atoms with Crippen molar-refractivity contribution >= 4 is 22.6 Å². The van der Waals surface area contributed by atoms with E-state index in [1.165, 1.54) is 10.8 Å². The Morgan fingerprint density at radius 3 is 1.87 bits per heavy atom. The van der Waals surface area contributed by atoms with Crippen LogP contribution in [-0.4, -0.2) is 18.6 Å². The Kier molecular flexibility index (Phi) is 14.6. The number of ether oxygens (including phenoxy) is 2. The fourth-order valence-corrected chi connectivity index (χ4v) is 0.666. The molecule has 90 valence electrons. The molecule has 0 fully saturated rings. The Balaban J connectivity index is 0. The molecule has 0 atom stereocenters. The zero-order valence-electron chi connectivity index (χ0n) is 9.14. The molecule has 4 heteroatoms. The third-order valence-electron chi connectivity index (χ3n) is 1.37. The normalized spacial score (nSPS) is 8.00. The monoisotopic (exact) mass is 504 g/mol. The van der Waals surface area contributed by atoms with Gasteiger partial charge in [-0.1, -0.05) is 35.6 Å². The molecular formula is C11H16AuIO2. The summed E-state index contributed by atoms with van der Waals surface area (Å²) >= 11 is 2.35. The van der Waals surface area contributed by atoms with Gasteiger partial charge in [-0.2, -0.15) is 6.07 Å². The van der Waals surface area contributed by atoms with Crippen molar-refractivity contribution in [1.29, 1.82) is 0 Å². The summed E-state index contributed by atoms with van der Waals surface area (Å²) in [5.41, 5.74) is 0. The molecule has 1 rings (SSSR count). The molecule has 0 amide bonds. The van der Waals surface area contributed by atoms with Gasteiger partial charge in [0.2, 0.25) is 0 Å². The second-order valence-electron chi connectivity index (χ2n) is 2.48. The zero-order chi connectivity index (χ0) is 10.8. The number of hydrogen-bond donors (Lipinski definition) is 0. The third-order valence-corrected chi connectivity index (χ3v) is 2.45. The zero-order valence-corrected chi connectivity index (χ0v) is 13.5. The van der Waals surface area contributed by atoms with E-state index in [1.54, 1.807) is 14.2 Å². The topological polar surface area (TPSA) is 18.5 Å². The van der Waals surface area contributed by atoms with E-state index in [0.717, 1.165) is 0 Å². The second-order valence-corrected chi connectivity index (χ2v) is 3.56. The van der Waals surface area contributed by atoms with E-state index < -0.39 is 0 Å². The average molecular weight is 504 g/mol. The minimum absolute atomic E-state index is 0. The molecule has 0 bridgehead atoms. The quantitative estimate of drug-likeness (QED) is 0.273. The van der Waals surface area contributed by atoms with Crippen molar-refractivity contribution in [3.05, 3.63) is 24.3 Å². The smallest absolute Gasteiger partial charge is 0.522 e. The first-order valence-electron chi connectivity index (χ1n) is 4.44. The molecule has 0 aliphatic carbocycles. The predicted octanol–water partition coefficient (Wildman–Crippen LogP) is 3.33. The molecule has 0 unspecified atom stereocenters. The Morgan fingerprint density at radius 2 is 1.60 bits per heavy atom. The number of hydrogen-bond acceptors (Lipinski definition) is 2. The number of alkyl halides is 1. The standard InChI is InChI=1S/C8H9O2.C3H7I.Au/c1-9-7-4-3-5-8(6-7)10-2;1-2-3-4;/h3-5H,1-2H3;2-3H2,1H3;/q-1;;+1. The van der Waals surface area contributed by atoms with Crippen molar-refractivity contribution in [3.8, 4) is 11.5 Å². The van der Waals surface area contributed by atoms with Crippen LogP contribution in [0.2, 0.25) is 0 Å². The first-order chi connectivity index (χ1) is 6.78. The van der Waals surface area contributed by atoms with Gasteiger partial charge in [-0.05, 0) is 10.8 Å². The molecule has 0 saturated carbocycles. The van der Waals surface area contributed by atoms with Gasteiger partial charge in [0.1, 0.15) is 0 Å². The third kappa shape index (κ3) is 9.23. The summed E-state index contributed by atoms with van der Waals surface area (Å²) in [5.74, 6) is 1.39. The molecule has 0 heterocycles. The van der Waals surface area contributed by atoms with Crippen molar-refractivity contribution in [2.75, 3.05) is 18.6 Å². The van der Waals surface area contributed by atoms with E-state index in [1.807, 2.05) is 18.2 Å². The van der Waals surface area contributed by atoms with Gasteiger partial charge >= 0.3 is 22.4 Å². The van der Waals surface area contributed by atoms with E-state index >= 15 is 0 Å². The molecule has 0 aliphatic heterocycles. The molecular weight excluding hydrogens is 488 g/mol. The SMILES string of the molecule is CCCI.COc1[c-]c(OC)ccc1.[Au+]. The van der Waals surface area contributed by atoms with Crippen molar-refractivity contribution in [3.63, 3.8) is 0 Å². The van der Waals surface area contributed by atoms with Crippen LogP contribution in [0.1, 0.15) is 13.3 Å². The van der Waals surface area contributed by atoms with Gasteiger partial charge in [0.15, 0.2) is 0 Å². The predicted molar refractivity (Wildman–Crippen MR) is 67.6 cm³/mol. The molecule has 2 nitrogen and oxygen atoms in total. The van der Waals surface area contributed by atoms with E-state index in [0.29, 0.717) is 11.5 Å². The first kappa shape index (κ1) is 17.7. The summed E-state index contributed by atoms with van der Waals surface area (Å²) < 4.78 is 11.1. The second kappa shape index (κ2) is 12.4. The fourth-order valence-electron chi connectivity index (χ4n) is 0.666. The summed E-state index contributed by atoms with van der Waals surface area (Å²) in [5, 5.41) is 0. The van der Waals surface area contributed by atoms with Crippen LogP contribution in [-0.2, 0) is 22.4 Å². The summed E-state index contributed by atoms with van der Waals surface area (Å²) in [7, 11) is 3.20. The Bertz CT molecular complexity index is 223. The van der Waals surface area contributed by atoms with E-state index in [-0.39, 0.29) is 22.4 Å². The van der Waals surface area contributed by atoms with Gasteiger partial charge in [-0.15, -0.1) is 12.1 Å². The van der Waals surface area contributed by atoms with Crippen LogP contribution in [0.3, 0.4) is 0 Å². The van der Waals surface area contributed by atoms with Crippen LogP contribution >= 0.6 is 22.6 Å². The van der Waals surface area contributed by atoms with Crippen molar-refractivity contribution in [2.45, 2.75) is 13.3 Å². The van der Waals surface area contributed by atoms with Gasteiger partial charge in [0, 0.05) is 11.5 Å². The number of rotatable bonds is 3. The molecule has 15 heavy (non-hydrogen) atoms. The minimum atomic E-state index is 0. The maximum atomic E-state index is 4.92. The van der Waals surface area contributed by atoms with Crippen LogP contribution in [0.5, 0.6) is 11.5 Å². The van der Waals surface area contributed by atoms with Crippen molar-refractivity contribution in [2.24, 2.45) is 0 Å². The van der Waals surface area contributed by atoms with E-state index in [9.17, 15) is 0 Å². The van der Waals surface area contributed by atoms with Crippen LogP contribution in [0.25, 0.3) is 0 Å². The van der Waals surface area contributed by atoms with Crippen LogP contribution in [0, 0.1) is 6.07 Å². The summed E-state index contributed by atoms with van der Waals surface area (Å²) in [6.45, 7) is 2.17.